The van der Waals surface area contributed by atoms with Crippen LogP contribution >= 0.6 is 0 Å². The highest BCUT2D eigenvalue weighted by Crippen LogP contribution is 2.47. The van der Waals surface area contributed by atoms with Crippen molar-refractivity contribution >= 4 is 6.09 Å². The Bertz CT molecular complexity index is 858. The van der Waals surface area contributed by atoms with Crippen molar-refractivity contribution in [3.05, 3.63) is 48.0 Å². The summed E-state index contributed by atoms with van der Waals surface area (Å²) in [6, 6.07) is 9.58. The summed E-state index contributed by atoms with van der Waals surface area (Å²) in [4.78, 5) is 15.0. The van der Waals surface area contributed by atoms with Gasteiger partial charge in [-0.05, 0) is 64.5 Å². The van der Waals surface area contributed by atoms with Crippen molar-refractivity contribution in [2.45, 2.75) is 134 Å². The number of hydrogen-bond acceptors (Lipinski definition) is 6. The largest absolute Gasteiger partial charge is 0.439 e. The van der Waals surface area contributed by atoms with E-state index < -0.39 is 42.4 Å². The second-order valence-corrected chi connectivity index (χ2v) is 11.2. The van der Waals surface area contributed by atoms with E-state index in [-0.39, 0.29) is 18.5 Å². The molecule has 2 N–H and O–H groups in total. The summed E-state index contributed by atoms with van der Waals surface area (Å²) in [6.07, 6.45) is 1.56. The number of aliphatic hydroxyl groups excluding tert-OH is 2. The van der Waals surface area contributed by atoms with Crippen molar-refractivity contribution in [3.63, 3.8) is 0 Å². The van der Waals surface area contributed by atoms with Crippen LogP contribution < -0.4 is 0 Å². The van der Waals surface area contributed by atoms with Gasteiger partial charge < -0.3 is 29.3 Å². The van der Waals surface area contributed by atoms with E-state index in [4.69, 9.17) is 14.2 Å². The summed E-state index contributed by atoms with van der Waals surface area (Å²) in [7, 11) is 0. The molecule has 1 saturated carbocycles. The van der Waals surface area contributed by atoms with Gasteiger partial charge >= 0.3 is 6.09 Å². The van der Waals surface area contributed by atoms with Crippen LogP contribution in [0, 0.1) is 0 Å². The Morgan fingerprint density at radius 2 is 1.70 bits per heavy atom. The van der Waals surface area contributed by atoms with Gasteiger partial charge in [0, 0.05) is 24.9 Å². The molecule has 3 rings (SSSR count). The molecule has 1 amide bonds. The van der Waals surface area contributed by atoms with Crippen LogP contribution in [0.1, 0.15) is 97.7 Å². The van der Waals surface area contributed by atoms with Gasteiger partial charge in [-0.2, -0.15) is 0 Å². The van der Waals surface area contributed by atoms with Crippen LogP contribution in [0.3, 0.4) is 0 Å². The van der Waals surface area contributed by atoms with Gasteiger partial charge in [0.2, 0.25) is 0 Å². The molecule has 1 heterocycles. The lowest BCUT2D eigenvalue weighted by Crippen LogP contribution is -2.49. The maximum atomic E-state index is 13.3. The van der Waals surface area contributed by atoms with Gasteiger partial charge in [0.25, 0.3) is 0 Å². The minimum absolute atomic E-state index is 0.0853. The molecule has 0 bridgehead atoms. The fourth-order valence-corrected chi connectivity index (χ4v) is 5.72. The molecule has 1 saturated heterocycles. The standard InChI is InChI=1S/C30H47NO6/c1-7-14-24(32)19-22(6)26(35-29(34)31(20(2)3)21(4)5)25(33)28-27(23-15-10-8-11-16-23)36-30(37-28)17-12-9-13-18-30/h8,10-11,15-16,20-21,24-28,32-33H,6-7,9,12-14,17-19H2,1-5H3/t24?,25?,26?,27-,28-/m1/s1. The predicted molar refractivity (Wildman–Crippen MR) is 144 cm³/mol. The van der Waals surface area contributed by atoms with Crippen LogP contribution in [-0.4, -0.2) is 63.5 Å². The van der Waals surface area contributed by atoms with Gasteiger partial charge in [-0.25, -0.2) is 4.79 Å². The zero-order valence-electron chi connectivity index (χ0n) is 23.3. The quantitative estimate of drug-likeness (QED) is 0.356. The van der Waals surface area contributed by atoms with E-state index in [1.165, 1.54) is 0 Å². The first kappa shape index (κ1) is 29.6. The van der Waals surface area contributed by atoms with Crippen molar-refractivity contribution in [1.82, 2.24) is 4.90 Å². The molecule has 0 radical (unpaired) electrons. The summed E-state index contributed by atoms with van der Waals surface area (Å²) in [5.74, 6) is -0.760. The average Bonchev–Trinajstić information content (AvgIpc) is 3.21. The molecular weight excluding hydrogens is 470 g/mol. The van der Waals surface area contributed by atoms with E-state index in [2.05, 4.69) is 6.58 Å². The monoisotopic (exact) mass is 517 g/mol. The minimum Gasteiger partial charge on any atom is -0.439 e. The van der Waals surface area contributed by atoms with Gasteiger partial charge in [0.05, 0.1) is 6.10 Å². The summed E-state index contributed by atoms with van der Waals surface area (Å²) >= 11 is 0. The van der Waals surface area contributed by atoms with Crippen molar-refractivity contribution in [3.8, 4) is 0 Å². The zero-order valence-corrected chi connectivity index (χ0v) is 23.3. The topological polar surface area (TPSA) is 88.5 Å². The number of carbonyl (C=O) groups excluding carboxylic acids is 1. The van der Waals surface area contributed by atoms with Gasteiger partial charge in [-0.1, -0.05) is 56.7 Å². The fraction of sp³-hybridized carbons (Fsp3) is 0.700. The molecule has 2 aliphatic rings. The van der Waals surface area contributed by atoms with Crippen LogP contribution in [-0.2, 0) is 14.2 Å². The summed E-state index contributed by atoms with van der Waals surface area (Å²) in [6.45, 7) is 13.9. The molecule has 1 aromatic carbocycles. The molecule has 1 spiro atoms. The summed E-state index contributed by atoms with van der Waals surface area (Å²) < 4.78 is 19.1. The van der Waals surface area contributed by atoms with Crippen molar-refractivity contribution in [1.29, 1.82) is 0 Å². The van der Waals surface area contributed by atoms with E-state index in [1.807, 2.05) is 65.0 Å². The Balaban J connectivity index is 1.93. The lowest BCUT2D eigenvalue weighted by atomic mass is 9.91. The first-order valence-corrected chi connectivity index (χ1v) is 14.0. The van der Waals surface area contributed by atoms with E-state index in [9.17, 15) is 15.0 Å². The SMILES string of the molecule is C=C(CC(O)CCC)C(OC(=O)N(C(C)C)C(C)C)C(O)[C@H]1OC2(CCCCC2)O[C@@H]1c1ccccc1. The highest BCUT2D eigenvalue weighted by molar-refractivity contribution is 5.69. The molecule has 7 heteroatoms. The number of carbonyl (C=O) groups is 1. The molecule has 1 aromatic rings. The molecule has 7 nitrogen and oxygen atoms in total. The smallest absolute Gasteiger partial charge is 0.410 e. The van der Waals surface area contributed by atoms with Gasteiger partial charge in [-0.15, -0.1) is 0 Å². The Morgan fingerprint density at radius 1 is 1.08 bits per heavy atom. The third-order valence-corrected chi connectivity index (χ3v) is 7.45. The zero-order chi connectivity index (χ0) is 27.2. The van der Waals surface area contributed by atoms with Gasteiger partial charge in [0.1, 0.15) is 18.3 Å². The number of hydrogen-bond donors (Lipinski definition) is 2. The molecule has 3 unspecified atom stereocenters. The third-order valence-electron chi connectivity index (χ3n) is 7.45. The lowest BCUT2D eigenvalue weighted by Gasteiger charge is -2.36. The number of aliphatic hydroxyl groups is 2. The highest BCUT2D eigenvalue weighted by Gasteiger charge is 2.53. The van der Waals surface area contributed by atoms with Crippen LogP contribution in [0.25, 0.3) is 0 Å². The second kappa shape index (κ2) is 13.2. The fourth-order valence-electron chi connectivity index (χ4n) is 5.72. The number of amides is 1. The van der Waals surface area contributed by atoms with Gasteiger partial charge in [-0.3, -0.25) is 0 Å². The maximum Gasteiger partial charge on any atom is 0.410 e. The predicted octanol–water partition coefficient (Wildman–Crippen LogP) is 5.90. The number of ether oxygens (including phenoxy) is 3. The Kier molecular flexibility index (Phi) is 10.6. The number of benzene rings is 1. The molecular formula is C30H47NO6. The van der Waals surface area contributed by atoms with E-state index in [0.717, 1.165) is 44.1 Å². The molecule has 0 aromatic heterocycles. The van der Waals surface area contributed by atoms with E-state index in [1.54, 1.807) is 4.90 Å². The van der Waals surface area contributed by atoms with Crippen molar-refractivity contribution in [2.24, 2.45) is 0 Å². The molecule has 2 fully saturated rings. The molecule has 208 valence electrons. The Labute approximate surface area is 222 Å². The average molecular weight is 518 g/mol. The van der Waals surface area contributed by atoms with Gasteiger partial charge in [0.15, 0.2) is 11.9 Å². The Morgan fingerprint density at radius 3 is 2.27 bits per heavy atom. The first-order chi connectivity index (χ1) is 17.6. The molecule has 5 atom stereocenters. The molecule has 1 aliphatic heterocycles. The minimum atomic E-state index is -1.22. The van der Waals surface area contributed by atoms with Crippen LogP contribution in [0.4, 0.5) is 4.79 Å². The first-order valence-electron chi connectivity index (χ1n) is 14.0. The number of rotatable bonds is 11. The van der Waals surface area contributed by atoms with E-state index >= 15 is 0 Å². The normalized spacial score (nSPS) is 23.7. The van der Waals surface area contributed by atoms with Crippen LogP contribution in [0.2, 0.25) is 0 Å². The third kappa shape index (κ3) is 7.34. The lowest BCUT2D eigenvalue weighted by molar-refractivity contribution is -0.203. The second-order valence-electron chi connectivity index (χ2n) is 11.2. The van der Waals surface area contributed by atoms with Crippen LogP contribution in [0.15, 0.2) is 42.5 Å². The molecule has 37 heavy (non-hydrogen) atoms. The van der Waals surface area contributed by atoms with E-state index in [0.29, 0.717) is 12.0 Å². The van der Waals surface area contributed by atoms with Crippen molar-refractivity contribution in [2.75, 3.05) is 0 Å². The number of nitrogens with zero attached hydrogens (tertiary/aromatic N) is 1. The molecule has 1 aliphatic carbocycles. The Hall–Kier alpha value is -1.93. The van der Waals surface area contributed by atoms with Crippen molar-refractivity contribution < 1.29 is 29.2 Å². The maximum absolute atomic E-state index is 13.3. The highest BCUT2D eigenvalue weighted by atomic mass is 16.8. The van der Waals surface area contributed by atoms with Crippen LogP contribution in [0.5, 0.6) is 0 Å². The summed E-state index contributed by atoms with van der Waals surface area (Å²) in [5, 5.41) is 22.3. The summed E-state index contributed by atoms with van der Waals surface area (Å²) in [5.41, 5.74) is 1.37.